The van der Waals surface area contributed by atoms with Crippen LogP contribution < -0.4 is 20.1 Å². The molecule has 6 nitrogen and oxygen atoms in total. The average molecular weight is 306 g/mol. The standard InChI is InChI=1S/C16H22N2O4/c19-16(18-11-13-2-1-7-20-13)17-6-5-12-3-4-14-15(10-12)22-9-8-21-14/h3-4,10,13H,1-2,5-9,11H2,(H2,17,18,19)/t13-/m0/s1. The van der Waals surface area contributed by atoms with Crippen LogP contribution in [0.3, 0.4) is 0 Å². The Morgan fingerprint density at radius 2 is 2.00 bits per heavy atom. The third-order valence-corrected chi connectivity index (χ3v) is 3.82. The Morgan fingerprint density at radius 3 is 2.82 bits per heavy atom. The van der Waals surface area contributed by atoms with E-state index in [0.29, 0.717) is 26.3 Å². The van der Waals surface area contributed by atoms with E-state index >= 15 is 0 Å². The van der Waals surface area contributed by atoms with Gasteiger partial charge < -0.3 is 24.8 Å². The molecule has 3 rings (SSSR count). The molecule has 6 heteroatoms. The van der Waals surface area contributed by atoms with Crippen LogP contribution in [-0.2, 0) is 11.2 Å². The number of nitrogens with one attached hydrogen (secondary N) is 2. The molecule has 2 aliphatic rings. The van der Waals surface area contributed by atoms with Gasteiger partial charge >= 0.3 is 6.03 Å². The lowest BCUT2D eigenvalue weighted by Gasteiger charge is -2.19. The maximum atomic E-state index is 11.7. The molecule has 0 aliphatic carbocycles. The van der Waals surface area contributed by atoms with Crippen LogP contribution in [0.25, 0.3) is 0 Å². The highest BCUT2D eigenvalue weighted by molar-refractivity contribution is 5.73. The third-order valence-electron chi connectivity index (χ3n) is 3.82. The van der Waals surface area contributed by atoms with Crippen molar-refractivity contribution in [3.63, 3.8) is 0 Å². The highest BCUT2D eigenvalue weighted by Gasteiger charge is 2.16. The molecule has 2 N–H and O–H groups in total. The number of ether oxygens (including phenoxy) is 3. The van der Waals surface area contributed by atoms with Crippen LogP contribution >= 0.6 is 0 Å². The Balaban J connectivity index is 1.38. The van der Waals surface area contributed by atoms with Gasteiger partial charge in [0, 0.05) is 19.7 Å². The van der Waals surface area contributed by atoms with Crippen molar-refractivity contribution in [2.45, 2.75) is 25.4 Å². The van der Waals surface area contributed by atoms with Crippen LogP contribution in [0.5, 0.6) is 11.5 Å². The number of rotatable bonds is 5. The summed E-state index contributed by atoms with van der Waals surface area (Å²) >= 11 is 0. The zero-order valence-electron chi connectivity index (χ0n) is 12.6. The minimum atomic E-state index is -0.145. The number of carbonyl (C=O) groups excluding carboxylic acids is 1. The summed E-state index contributed by atoms with van der Waals surface area (Å²) in [6.45, 7) is 3.14. The number of fused-ring (bicyclic) bond motifs is 1. The summed E-state index contributed by atoms with van der Waals surface area (Å²) in [6, 6.07) is 5.74. The topological polar surface area (TPSA) is 68.8 Å². The van der Waals surface area contributed by atoms with Gasteiger partial charge in [-0.25, -0.2) is 4.79 Å². The van der Waals surface area contributed by atoms with E-state index in [9.17, 15) is 4.79 Å². The van der Waals surface area contributed by atoms with Crippen molar-refractivity contribution in [2.24, 2.45) is 0 Å². The SMILES string of the molecule is O=C(NCCc1ccc2c(c1)OCCO2)NC[C@@H]1CCCO1. The minimum Gasteiger partial charge on any atom is -0.486 e. The normalized spacial score (nSPS) is 19.7. The molecular formula is C16H22N2O4. The van der Waals surface area contributed by atoms with Gasteiger partial charge in [-0.15, -0.1) is 0 Å². The van der Waals surface area contributed by atoms with E-state index in [4.69, 9.17) is 14.2 Å². The summed E-state index contributed by atoms with van der Waals surface area (Å²) in [5, 5.41) is 5.70. The van der Waals surface area contributed by atoms with Crippen molar-refractivity contribution in [3.8, 4) is 11.5 Å². The Morgan fingerprint density at radius 1 is 1.14 bits per heavy atom. The first-order valence-corrected chi connectivity index (χ1v) is 7.83. The van der Waals surface area contributed by atoms with Gasteiger partial charge in [-0.3, -0.25) is 0 Å². The number of hydrogen-bond donors (Lipinski definition) is 2. The molecule has 1 aromatic rings. The number of urea groups is 1. The summed E-state index contributed by atoms with van der Waals surface area (Å²) in [7, 11) is 0. The van der Waals surface area contributed by atoms with Crippen LogP contribution in [0, 0.1) is 0 Å². The molecular weight excluding hydrogens is 284 g/mol. The fraction of sp³-hybridized carbons (Fsp3) is 0.562. The second kappa shape index (κ2) is 7.35. The van der Waals surface area contributed by atoms with E-state index in [1.54, 1.807) is 0 Å². The van der Waals surface area contributed by atoms with E-state index < -0.39 is 0 Å². The quantitative estimate of drug-likeness (QED) is 0.864. The molecule has 1 atom stereocenters. The Kier molecular flexibility index (Phi) is 5.00. The highest BCUT2D eigenvalue weighted by Crippen LogP contribution is 2.30. The van der Waals surface area contributed by atoms with E-state index in [1.165, 1.54) is 0 Å². The van der Waals surface area contributed by atoms with Crippen LogP contribution in [0.2, 0.25) is 0 Å². The van der Waals surface area contributed by atoms with Gasteiger partial charge in [0.1, 0.15) is 13.2 Å². The van der Waals surface area contributed by atoms with Gasteiger partial charge in [0.15, 0.2) is 11.5 Å². The van der Waals surface area contributed by atoms with Gasteiger partial charge in [-0.1, -0.05) is 6.07 Å². The maximum Gasteiger partial charge on any atom is 0.314 e. The molecule has 0 saturated carbocycles. The molecule has 120 valence electrons. The lowest BCUT2D eigenvalue weighted by atomic mass is 10.1. The van der Waals surface area contributed by atoms with E-state index in [0.717, 1.165) is 42.9 Å². The smallest absolute Gasteiger partial charge is 0.314 e. The predicted molar refractivity (Wildman–Crippen MR) is 81.5 cm³/mol. The summed E-state index contributed by atoms with van der Waals surface area (Å²) in [4.78, 5) is 11.7. The zero-order chi connectivity index (χ0) is 15.2. The second-order valence-corrected chi connectivity index (χ2v) is 5.50. The summed E-state index contributed by atoms with van der Waals surface area (Å²) in [5.41, 5.74) is 1.11. The van der Waals surface area contributed by atoms with Crippen molar-refractivity contribution in [1.82, 2.24) is 10.6 Å². The largest absolute Gasteiger partial charge is 0.486 e. The van der Waals surface area contributed by atoms with Crippen LogP contribution in [0.4, 0.5) is 4.79 Å². The molecule has 2 heterocycles. The minimum absolute atomic E-state index is 0.145. The van der Waals surface area contributed by atoms with E-state index in [-0.39, 0.29) is 12.1 Å². The first-order valence-electron chi connectivity index (χ1n) is 7.83. The fourth-order valence-electron chi connectivity index (χ4n) is 2.64. The molecule has 2 aliphatic heterocycles. The van der Waals surface area contributed by atoms with Crippen LogP contribution in [0.15, 0.2) is 18.2 Å². The lowest BCUT2D eigenvalue weighted by molar-refractivity contribution is 0.111. The number of amides is 2. The number of benzene rings is 1. The van der Waals surface area contributed by atoms with Gasteiger partial charge in [-0.05, 0) is 37.0 Å². The number of hydrogen-bond acceptors (Lipinski definition) is 4. The van der Waals surface area contributed by atoms with Gasteiger partial charge in [-0.2, -0.15) is 0 Å². The molecule has 0 spiro atoms. The van der Waals surface area contributed by atoms with Crippen LogP contribution in [-0.4, -0.2) is 45.0 Å². The maximum absolute atomic E-state index is 11.7. The lowest BCUT2D eigenvalue weighted by Crippen LogP contribution is -2.40. The molecule has 1 aromatic carbocycles. The Labute approximate surface area is 130 Å². The van der Waals surface area contributed by atoms with E-state index in [2.05, 4.69) is 10.6 Å². The molecule has 0 radical (unpaired) electrons. The van der Waals surface area contributed by atoms with Gasteiger partial charge in [0.25, 0.3) is 0 Å². The predicted octanol–water partition coefficient (Wildman–Crippen LogP) is 1.48. The molecule has 0 bridgehead atoms. The van der Waals surface area contributed by atoms with Crippen molar-refractivity contribution in [2.75, 3.05) is 32.9 Å². The van der Waals surface area contributed by atoms with Crippen molar-refractivity contribution >= 4 is 6.03 Å². The fourth-order valence-corrected chi connectivity index (χ4v) is 2.64. The monoisotopic (exact) mass is 306 g/mol. The molecule has 2 amide bonds. The summed E-state index contributed by atoms with van der Waals surface area (Å²) < 4.78 is 16.5. The molecule has 1 fully saturated rings. The molecule has 0 aromatic heterocycles. The van der Waals surface area contributed by atoms with Gasteiger partial charge in [0.05, 0.1) is 6.10 Å². The van der Waals surface area contributed by atoms with E-state index in [1.807, 2.05) is 18.2 Å². The molecule has 0 unspecified atom stereocenters. The first kappa shape index (κ1) is 15.0. The van der Waals surface area contributed by atoms with Gasteiger partial charge in [0.2, 0.25) is 0 Å². The van der Waals surface area contributed by atoms with Crippen LogP contribution in [0.1, 0.15) is 18.4 Å². The second-order valence-electron chi connectivity index (χ2n) is 5.50. The molecule has 22 heavy (non-hydrogen) atoms. The highest BCUT2D eigenvalue weighted by atomic mass is 16.6. The molecule has 1 saturated heterocycles. The van der Waals surface area contributed by atoms with Crippen molar-refractivity contribution in [3.05, 3.63) is 23.8 Å². The third kappa shape index (κ3) is 4.04. The Bertz CT molecular complexity index is 515. The average Bonchev–Trinajstić information content (AvgIpc) is 3.06. The zero-order valence-corrected chi connectivity index (χ0v) is 12.6. The summed E-state index contributed by atoms with van der Waals surface area (Å²) in [6.07, 6.45) is 3.03. The van der Waals surface area contributed by atoms with Crippen molar-refractivity contribution < 1.29 is 19.0 Å². The Hall–Kier alpha value is -1.95. The number of carbonyl (C=O) groups is 1. The van der Waals surface area contributed by atoms with Crippen molar-refractivity contribution in [1.29, 1.82) is 0 Å². The first-order chi connectivity index (χ1) is 10.8. The summed E-state index contributed by atoms with van der Waals surface area (Å²) in [5.74, 6) is 1.57.